The minimum atomic E-state index is -2.96. The summed E-state index contributed by atoms with van der Waals surface area (Å²) in [5, 5.41) is 5.79. The molecular weight excluding hydrogens is 349 g/mol. The third-order valence-corrected chi connectivity index (χ3v) is 7.24. The lowest BCUT2D eigenvalue weighted by Crippen LogP contribution is -2.30. The highest BCUT2D eigenvalue weighted by Gasteiger charge is 2.29. The van der Waals surface area contributed by atoms with Gasteiger partial charge in [-0.05, 0) is 48.4 Å². The van der Waals surface area contributed by atoms with Crippen LogP contribution in [0.5, 0.6) is 0 Å². The van der Waals surface area contributed by atoms with Crippen LogP contribution < -0.4 is 15.7 Å². The van der Waals surface area contributed by atoms with Crippen molar-refractivity contribution in [3.8, 4) is 0 Å². The highest BCUT2D eigenvalue weighted by Crippen LogP contribution is 2.42. The number of rotatable bonds is 6. The summed E-state index contributed by atoms with van der Waals surface area (Å²) in [6, 6.07) is 27.0. The first-order chi connectivity index (χ1) is 12.1. The Hall–Kier alpha value is -1.86. The summed E-state index contributed by atoms with van der Waals surface area (Å²) in [6.45, 7) is 2.09. The van der Waals surface area contributed by atoms with Gasteiger partial charge in [0.1, 0.15) is 0 Å². The fourth-order valence-corrected chi connectivity index (χ4v) is 5.57. The predicted molar refractivity (Wildman–Crippen MR) is 107 cm³/mol. The summed E-state index contributed by atoms with van der Waals surface area (Å²) in [5.74, 6) is 0. The van der Waals surface area contributed by atoms with Gasteiger partial charge in [0, 0.05) is 21.7 Å². The monoisotopic (exact) mass is 369 g/mol. The quantitative estimate of drug-likeness (QED) is 0.596. The van der Waals surface area contributed by atoms with Gasteiger partial charge < -0.3 is 0 Å². The molecule has 0 saturated carbocycles. The van der Waals surface area contributed by atoms with E-state index < -0.39 is 7.29 Å². The second-order valence-electron chi connectivity index (χ2n) is 5.92. The Balaban J connectivity index is 2.03. The van der Waals surface area contributed by atoms with Crippen LogP contribution in [-0.2, 0) is 4.57 Å². The van der Waals surface area contributed by atoms with Gasteiger partial charge >= 0.3 is 0 Å². The predicted octanol–water partition coefficient (Wildman–Crippen LogP) is 5.31. The molecule has 1 N–H and O–H groups in total. The molecular formula is C21H21ClNOP. The summed E-state index contributed by atoms with van der Waals surface area (Å²) in [4.78, 5) is 0. The van der Waals surface area contributed by atoms with Crippen molar-refractivity contribution in [1.82, 2.24) is 5.09 Å². The van der Waals surface area contributed by atoms with Gasteiger partial charge in [0.2, 0.25) is 7.29 Å². The molecule has 0 aliphatic rings. The van der Waals surface area contributed by atoms with E-state index in [-0.39, 0.29) is 6.04 Å². The first kappa shape index (κ1) is 17.9. The Labute approximate surface area is 154 Å². The summed E-state index contributed by atoms with van der Waals surface area (Å²) in [6.07, 6.45) is 0.825. The van der Waals surface area contributed by atoms with Gasteiger partial charge in [-0.1, -0.05) is 67.1 Å². The molecule has 0 radical (unpaired) electrons. The Morgan fingerprint density at radius 2 is 1.32 bits per heavy atom. The topological polar surface area (TPSA) is 29.1 Å². The van der Waals surface area contributed by atoms with Crippen LogP contribution in [0.25, 0.3) is 0 Å². The largest absolute Gasteiger partial charge is 0.297 e. The molecule has 4 heteroatoms. The molecule has 0 aliphatic heterocycles. The second kappa shape index (κ2) is 8.01. The SMILES string of the molecule is CC[C@H](NP(=O)(c1ccccc1)c1ccccc1)c1ccc(Cl)cc1. The van der Waals surface area contributed by atoms with E-state index in [0.717, 1.165) is 22.6 Å². The molecule has 0 aromatic heterocycles. The van der Waals surface area contributed by atoms with Gasteiger partial charge in [-0.2, -0.15) is 0 Å². The van der Waals surface area contributed by atoms with Crippen molar-refractivity contribution in [3.63, 3.8) is 0 Å². The van der Waals surface area contributed by atoms with Crippen LogP contribution in [0.4, 0.5) is 0 Å². The first-order valence-corrected chi connectivity index (χ1v) is 10.5. The van der Waals surface area contributed by atoms with E-state index in [1.165, 1.54) is 0 Å². The molecule has 0 aliphatic carbocycles. The van der Waals surface area contributed by atoms with E-state index in [1.807, 2.05) is 84.9 Å². The van der Waals surface area contributed by atoms with Gasteiger partial charge in [0.05, 0.1) is 0 Å². The van der Waals surface area contributed by atoms with E-state index in [0.29, 0.717) is 5.02 Å². The average molecular weight is 370 g/mol. The van der Waals surface area contributed by atoms with Crippen molar-refractivity contribution in [2.45, 2.75) is 19.4 Å². The molecule has 3 aromatic carbocycles. The minimum Gasteiger partial charge on any atom is -0.297 e. The van der Waals surface area contributed by atoms with E-state index >= 15 is 0 Å². The van der Waals surface area contributed by atoms with Crippen LogP contribution in [0.1, 0.15) is 24.9 Å². The van der Waals surface area contributed by atoms with Crippen LogP contribution in [0.2, 0.25) is 5.02 Å². The highest BCUT2D eigenvalue weighted by molar-refractivity contribution is 7.76. The van der Waals surface area contributed by atoms with E-state index in [9.17, 15) is 4.57 Å². The maximum Gasteiger partial charge on any atom is 0.205 e. The van der Waals surface area contributed by atoms with Crippen molar-refractivity contribution in [2.75, 3.05) is 0 Å². The zero-order valence-electron chi connectivity index (χ0n) is 14.1. The number of benzene rings is 3. The van der Waals surface area contributed by atoms with E-state index in [2.05, 4.69) is 12.0 Å². The summed E-state index contributed by atoms with van der Waals surface area (Å²) < 4.78 is 14.1. The fraction of sp³-hybridized carbons (Fsp3) is 0.143. The van der Waals surface area contributed by atoms with Gasteiger partial charge in [-0.3, -0.25) is 9.65 Å². The zero-order valence-corrected chi connectivity index (χ0v) is 15.8. The van der Waals surface area contributed by atoms with E-state index in [4.69, 9.17) is 11.6 Å². The summed E-state index contributed by atoms with van der Waals surface area (Å²) >= 11 is 6.01. The molecule has 0 heterocycles. The zero-order chi connectivity index (χ0) is 17.7. The summed E-state index contributed by atoms with van der Waals surface area (Å²) in [5.41, 5.74) is 1.08. The van der Waals surface area contributed by atoms with Crippen molar-refractivity contribution in [2.24, 2.45) is 0 Å². The van der Waals surface area contributed by atoms with Gasteiger partial charge in [-0.25, -0.2) is 0 Å². The van der Waals surface area contributed by atoms with Crippen molar-refractivity contribution < 1.29 is 4.57 Å². The maximum absolute atomic E-state index is 14.1. The molecule has 25 heavy (non-hydrogen) atoms. The van der Waals surface area contributed by atoms with Gasteiger partial charge in [-0.15, -0.1) is 0 Å². The van der Waals surface area contributed by atoms with Gasteiger partial charge in [0.25, 0.3) is 0 Å². The van der Waals surface area contributed by atoms with Crippen molar-refractivity contribution >= 4 is 29.5 Å². The number of nitrogens with one attached hydrogen (secondary N) is 1. The van der Waals surface area contributed by atoms with Crippen molar-refractivity contribution in [3.05, 3.63) is 95.5 Å². The van der Waals surface area contributed by atoms with Crippen LogP contribution in [-0.4, -0.2) is 0 Å². The van der Waals surface area contributed by atoms with Crippen molar-refractivity contribution in [1.29, 1.82) is 0 Å². The lowest BCUT2D eigenvalue weighted by molar-refractivity contribution is 0.555. The highest BCUT2D eigenvalue weighted by atomic mass is 35.5. The molecule has 0 unspecified atom stereocenters. The molecule has 0 bridgehead atoms. The number of hydrogen-bond acceptors (Lipinski definition) is 1. The normalized spacial score (nSPS) is 12.7. The van der Waals surface area contributed by atoms with E-state index in [1.54, 1.807) is 0 Å². The molecule has 1 atom stereocenters. The molecule has 3 aromatic rings. The Bertz CT molecular complexity index is 807. The van der Waals surface area contributed by atoms with Crippen LogP contribution in [0.3, 0.4) is 0 Å². The maximum atomic E-state index is 14.1. The molecule has 0 fully saturated rings. The molecule has 3 rings (SSSR count). The molecule has 0 saturated heterocycles. The van der Waals surface area contributed by atoms with Crippen LogP contribution in [0.15, 0.2) is 84.9 Å². The third-order valence-electron chi connectivity index (χ3n) is 4.26. The van der Waals surface area contributed by atoms with Crippen LogP contribution >= 0.6 is 18.9 Å². The van der Waals surface area contributed by atoms with Gasteiger partial charge in [0.15, 0.2) is 0 Å². The summed E-state index contributed by atoms with van der Waals surface area (Å²) in [7, 11) is -2.96. The smallest absolute Gasteiger partial charge is 0.205 e. The fourth-order valence-electron chi connectivity index (χ4n) is 2.89. The third kappa shape index (κ3) is 4.04. The Kier molecular flexibility index (Phi) is 5.75. The Morgan fingerprint density at radius 3 is 1.76 bits per heavy atom. The molecule has 0 amide bonds. The number of halogens is 1. The number of hydrogen-bond donors (Lipinski definition) is 1. The minimum absolute atomic E-state index is 0.0245. The molecule has 128 valence electrons. The molecule has 0 spiro atoms. The molecule has 2 nitrogen and oxygen atoms in total. The lowest BCUT2D eigenvalue weighted by atomic mass is 10.1. The Morgan fingerprint density at radius 1 is 0.840 bits per heavy atom. The second-order valence-corrected chi connectivity index (χ2v) is 8.87. The standard InChI is InChI=1S/C21H21ClNOP/c1-2-21(17-13-15-18(22)16-14-17)23-25(24,19-9-5-3-6-10-19)20-11-7-4-8-12-20/h3-16,21H,2H2,1H3,(H,23,24)/t21-/m0/s1. The van der Waals surface area contributed by atoms with Crippen LogP contribution in [0, 0.1) is 0 Å². The average Bonchev–Trinajstić information content (AvgIpc) is 2.68. The first-order valence-electron chi connectivity index (χ1n) is 8.38. The lowest BCUT2D eigenvalue weighted by Gasteiger charge is -2.26.